The molecule has 0 bridgehead atoms. The number of esters is 2. The van der Waals surface area contributed by atoms with E-state index in [-0.39, 0.29) is 13.2 Å². The van der Waals surface area contributed by atoms with Crippen LogP contribution in [0.2, 0.25) is 0 Å². The zero-order valence-corrected chi connectivity index (χ0v) is 14.0. The molecule has 1 aromatic rings. The Morgan fingerprint density at radius 2 is 1.57 bits per heavy atom. The molecule has 1 heterocycles. The maximum absolute atomic E-state index is 12.5. The molecule has 0 amide bonds. The van der Waals surface area contributed by atoms with Crippen molar-refractivity contribution in [1.29, 1.82) is 0 Å². The minimum atomic E-state index is -3.83. The number of carbonyl (C=O) groups is 2. The van der Waals surface area contributed by atoms with Crippen LogP contribution >= 0.6 is 0 Å². The lowest BCUT2D eigenvalue weighted by Gasteiger charge is -2.14. The molecule has 2 rings (SSSR count). The van der Waals surface area contributed by atoms with Gasteiger partial charge in [-0.15, -0.1) is 0 Å². The van der Waals surface area contributed by atoms with E-state index in [4.69, 9.17) is 9.47 Å². The summed E-state index contributed by atoms with van der Waals surface area (Å²) in [7, 11) is -3.83. The highest BCUT2D eigenvalue weighted by Crippen LogP contribution is 2.56. The number of carbonyl (C=O) groups excluding carboxylic acids is 2. The second-order valence-corrected chi connectivity index (χ2v) is 6.94. The maximum atomic E-state index is 12.5. The molecule has 1 fully saturated rings. The molecule has 0 aliphatic carbocycles. The molecular formula is C15H19NO6S. The zero-order chi connectivity index (χ0) is 17.3. The molecule has 1 aromatic carbocycles. The number of benzene rings is 1. The molecule has 0 N–H and O–H groups in total. The summed E-state index contributed by atoms with van der Waals surface area (Å²) < 4.78 is 35.0. The molecule has 1 saturated heterocycles. The first-order valence-electron chi connectivity index (χ1n) is 7.20. The monoisotopic (exact) mass is 341 g/mol. The number of rotatable bonds is 6. The van der Waals surface area contributed by atoms with Crippen molar-refractivity contribution < 1.29 is 27.5 Å². The molecule has 7 nitrogen and oxygen atoms in total. The predicted molar refractivity (Wildman–Crippen MR) is 81.9 cm³/mol. The van der Waals surface area contributed by atoms with E-state index in [1.165, 1.54) is 0 Å². The predicted octanol–water partition coefficient (Wildman–Crippen LogP) is 0.868. The molecule has 1 aliphatic heterocycles. The van der Waals surface area contributed by atoms with Gasteiger partial charge in [0.05, 0.1) is 25.5 Å². The second-order valence-electron chi connectivity index (χ2n) is 5.08. The van der Waals surface area contributed by atoms with Crippen molar-refractivity contribution in [3.05, 3.63) is 35.9 Å². The van der Waals surface area contributed by atoms with Crippen molar-refractivity contribution in [3.8, 4) is 0 Å². The van der Waals surface area contributed by atoms with Crippen LogP contribution in [-0.4, -0.2) is 49.7 Å². The van der Waals surface area contributed by atoms with E-state index in [1.807, 2.05) is 0 Å². The van der Waals surface area contributed by atoms with Gasteiger partial charge in [-0.2, -0.15) is 4.31 Å². The number of ether oxygens (including phenoxy) is 2. The summed E-state index contributed by atoms with van der Waals surface area (Å²) in [6, 6.07) is 7.51. The van der Waals surface area contributed by atoms with Gasteiger partial charge in [-0.25, -0.2) is 18.0 Å². The van der Waals surface area contributed by atoms with Crippen LogP contribution in [0.25, 0.3) is 0 Å². The average molecular weight is 341 g/mol. The summed E-state index contributed by atoms with van der Waals surface area (Å²) in [5, 5.41) is 0. The van der Waals surface area contributed by atoms with Crippen LogP contribution in [0.3, 0.4) is 0 Å². The fourth-order valence-corrected chi connectivity index (χ4v) is 4.08. The molecular weight excluding hydrogens is 322 g/mol. The standard InChI is InChI=1S/C15H19NO6S/c1-4-21-13(17)15(14(18)22-5-2)12(16(15)23(3,19)20)11-9-7-6-8-10-11/h6-10,12H,4-5H2,1-3H3. The molecule has 23 heavy (non-hydrogen) atoms. The quantitative estimate of drug-likeness (QED) is 0.433. The normalized spacial score (nSPS) is 22.2. The Labute approximate surface area is 135 Å². The highest BCUT2D eigenvalue weighted by atomic mass is 32.2. The Kier molecular flexibility index (Phi) is 4.76. The second kappa shape index (κ2) is 6.29. The largest absolute Gasteiger partial charge is 0.464 e. The van der Waals surface area contributed by atoms with Crippen LogP contribution in [0, 0.1) is 0 Å². The SMILES string of the molecule is CCOC(=O)C1(C(=O)OCC)C(c2ccccc2)N1S(C)(=O)=O. The summed E-state index contributed by atoms with van der Waals surface area (Å²) in [6.07, 6.45) is 0.948. The zero-order valence-electron chi connectivity index (χ0n) is 13.2. The third-order valence-electron chi connectivity index (χ3n) is 3.56. The minimum absolute atomic E-state index is 0.0269. The Balaban J connectivity index is 2.58. The van der Waals surface area contributed by atoms with Crippen LogP contribution in [0.15, 0.2) is 30.3 Å². The molecule has 0 radical (unpaired) electrons. The molecule has 1 aliphatic rings. The fourth-order valence-electron chi connectivity index (χ4n) is 2.70. The fraction of sp³-hybridized carbons (Fsp3) is 0.467. The maximum Gasteiger partial charge on any atom is 0.341 e. The van der Waals surface area contributed by atoms with Gasteiger partial charge in [0.25, 0.3) is 5.54 Å². The third kappa shape index (κ3) is 2.84. The Hall–Kier alpha value is -1.93. The van der Waals surface area contributed by atoms with Crippen molar-refractivity contribution >= 4 is 22.0 Å². The van der Waals surface area contributed by atoms with Gasteiger partial charge in [0.1, 0.15) is 0 Å². The van der Waals surface area contributed by atoms with Crippen LogP contribution in [0.5, 0.6) is 0 Å². The van der Waals surface area contributed by atoms with Gasteiger partial charge < -0.3 is 9.47 Å². The van der Waals surface area contributed by atoms with Crippen molar-refractivity contribution in [2.75, 3.05) is 19.5 Å². The minimum Gasteiger partial charge on any atom is -0.464 e. The average Bonchev–Trinajstić information content (AvgIpc) is 3.20. The molecule has 126 valence electrons. The van der Waals surface area contributed by atoms with Crippen molar-refractivity contribution in [2.24, 2.45) is 0 Å². The molecule has 0 aromatic heterocycles. The summed E-state index contributed by atoms with van der Waals surface area (Å²) in [6.45, 7) is 3.22. The lowest BCUT2D eigenvalue weighted by atomic mass is 9.99. The van der Waals surface area contributed by atoms with E-state index in [0.29, 0.717) is 5.56 Å². The van der Waals surface area contributed by atoms with Crippen LogP contribution in [0.4, 0.5) is 0 Å². The van der Waals surface area contributed by atoms with Gasteiger partial charge in [-0.3, -0.25) is 0 Å². The number of sulfonamides is 1. The number of nitrogens with zero attached hydrogens (tertiary/aromatic N) is 1. The molecule has 2 unspecified atom stereocenters. The van der Waals surface area contributed by atoms with Crippen LogP contribution in [-0.2, 0) is 29.1 Å². The van der Waals surface area contributed by atoms with E-state index < -0.39 is 33.5 Å². The lowest BCUT2D eigenvalue weighted by molar-refractivity contribution is -0.160. The first-order valence-corrected chi connectivity index (χ1v) is 9.05. The number of hydrogen-bond acceptors (Lipinski definition) is 6. The van der Waals surface area contributed by atoms with Crippen LogP contribution < -0.4 is 0 Å². The summed E-state index contributed by atoms with van der Waals surface area (Å²) in [4.78, 5) is 24.9. The van der Waals surface area contributed by atoms with E-state index in [1.54, 1.807) is 44.2 Å². The van der Waals surface area contributed by atoms with Crippen LogP contribution in [0.1, 0.15) is 25.5 Å². The van der Waals surface area contributed by atoms with Gasteiger partial charge in [-0.1, -0.05) is 30.3 Å². The highest BCUT2D eigenvalue weighted by Gasteiger charge is 2.79. The lowest BCUT2D eigenvalue weighted by Crippen LogP contribution is -2.42. The van der Waals surface area contributed by atoms with Crippen molar-refractivity contribution in [2.45, 2.75) is 25.4 Å². The summed E-state index contributed by atoms with van der Waals surface area (Å²) >= 11 is 0. The Morgan fingerprint density at radius 3 is 1.96 bits per heavy atom. The molecule has 8 heteroatoms. The Morgan fingerprint density at radius 1 is 1.09 bits per heavy atom. The van der Waals surface area contributed by atoms with E-state index in [9.17, 15) is 18.0 Å². The Bertz CT molecular complexity index is 682. The topological polar surface area (TPSA) is 89.8 Å². The smallest absolute Gasteiger partial charge is 0.341 e. The highest BCUT2D eigenvalue weighted by molar-refractivity contribution is 7.88. The van der Waals surface area contributed by atoms with Crippen molar-refractivity contribution in [1.82, 2.24) is 4.31 Å². The summed E-state index contributed by atoms with van der Waals surface area (Å²) in [5.74, 6) is -1.84. The third-order valence-corrected chi connectivity index (χ3v) is 4.77. The van der Waals surface area contributed by atoms with E-state index in [2.05, 4.69) is 0 Å². The molecule has 0 spiro atoms. The van der Waals surface area contributed by atoms with Gasteiger partial charge in [0, 0.05) is 0 Å². The van der Waals surface area contributed by atoms with E-state index in [0.717, 1.165) is 10.6 Å². The van der Waals surface area contributed by atoms with E-state index >= 15 is 0 Å². The van der Waals surface area contributed by atoms with Gasteiger partial charge in [0.2, 0.25) is 10.0 Å². The van der Waals surface area contributed by atoms with Gasteiger partial charge >= 0.3 is 11.9 Å². The van der Waals surface area contributed by atoms with Gasteiger partial charge in [-0.05, 0) is 19.4 Å². The summed E-state index contributed by atoms with van der Waals surface area (Å²) in [5.41, 5.74) is -1.46. The number of hydrogen-bond donors (Lipinski definition) is 0. The van der Waals surface area contributed by atoms with Crippen molar-refractivity contribution in [3.63, 3.8) is 0 Å². The van der Waals surface area contributed by atoms with Gasteiger partial charge in [0.15, 0.2) is 0 Å². The first-order chi connectivity index (χ1) is 10.8. The first kappa shape index (κ1) is 17.4. The molecule has 0 saturated carbocycles. The molecule has 2 atom stereocenters.